The van der Waals surface area contributed by atoms with E-state index in [2.05, 4.69) is 0 Å². The van der Waals surface area contributed by atoms with Gasteiger partial charge < -0.3 is 14.9 Å². The lowest BCUT2D eigenvalue weighted by molar-refractivity contribution is 0.0693. The van der Waals surface area contributed by atoms with Crippen LogP contribution in [0, 0.1) is 0 Å². The molecule has 1 aromatic carbocycles. The molecule has 0 aliphatic carbocycles. The Morgan fingerprint density at radius 2 is 2.23 bits per heavy atom. The lowest BCUT2D eigenvalue weighted by Crippen LogP contribution is -2.02. The van der Waals surface area contributed by atoms with E-state index in [0.29, 0.717) is 11.3 Å². The summed E-state index contributed by atoms with van der Waals surface area (Å²) in [7, 11) is 1.48. The molecule has 0 aromatic heterocycles. The first-order valence-electron chi connectivity index (χ1n) is 3.70. The second-order valence-electron chi connectivity index (χ2n) is 2.49. The summed E-state index contributed by atoms with van der Waals surface area (Å²) in [5, 5.41) is 17.6. The summed E-state index contributed by atoms with van der Waals surface area (Å²) in [5.41, 5.74) is 0.454. The zero-order chi connectivity index (χ0) is 9.84. The molecule has 0 unspecified atom stereocenters. The summed E-state index contributed by atoms with van der Waals surface area (Å²) in [6.07, 6.45) is 0. The highest BCUT2D eigenvalue weighted by molar-refractivity contribution is 5.89. The number of carboxylic acids is 1. The highest BCUT2D eigenvalue weighted by Crippen LogP contribution is 2.17. The molecule has 0 aliphatic rings. The van der Waals surface area contributed by atoms with E-state index in [9.17, 15) is 4.79 Å². The molecule has 13 heavy (non-hydrogen) atoms. The smallest absolute Gasteiger partial charge is 0.336 e. The molecule has 0 amide bonds. The molecular formula is C9H10O4. The van der Waals surface area contributed by atoms with Crippen molar-refractivity contribution in [1.82, 2.24) is 0 Å². The molecule has 0 saturated carbocycles. The van der Waals surface area contributed by atoms with E-state index in [0.717, 1.165) is 0 Å². The maximum atomic E-state index is 10.6. The topological polar surface area (TPSA) is 66.8 Å². The van der Waals surface area contributed by atoms with E-state index >= 15 is 0 Å². The standard InChI is InChI=1S/C9H10O4/c1-13-7-2-3-8(9(11)12)6(4-7)5-10/h2-4,10H,5H2,1H3,(H,11,12). The predicted molar refractivity (Wildman–Crippen MR) is 45.9 cm³/mol. The van der Waals surface area contributed by atoms with Gasteiger partial charge in [-0.25, -0.2) is 4.79 Å². The fourth-order valence-electron chi connectivity index (χ4n) is 1.04. The lowest BCUT2D eigenvalue weighted by atomic mass is 10.1. The molecular weight excluding hydrogens is 172 g/mol. The number of hydrogen-bond donors (Lipinski definition) is 2. The quantitative estimate of drug-likeness (QED) is 0.728. The molecule has 4 nitrogen and oxygen atoms in total. The minimum atomic E-state index is -1.05. The van der Waals surface area contributed by atoms with E-state index < -0.39 is 5.97 Å². The van der Waals surface area contributed by atoms with Gasteiger partial charge >= 0.3 is 5.97 Å². The van der Waals surface area contributed by atoms with Crippen molar-refractivity contribution in [1.29, 1.82) is 0 Å². The third-order valence-corrected chi connectivity index (χ3v) is 1.71. The molecule has 4 heteroatoms. The Morgan fingerprint density at radius 3 is 2.69 bits per heavy atom. The molecule has 0 fully saturated rings. The van der Waals surface area contributed by atoms with Gasteiger partial charge in [0, 0.05) is 0 Å². The molecule has 0 aliphatic heterocycles. The first-order chi connectivity index (χ1) is 6.19. The summed E-state index contributed by atoms with van der Waals surface area (Å²) in [4.78, 5) is 10.6. The molecule has 2 N–H and O–H groups in total. The van der Waals surface area contributed by atoms with Crippen LogP contribution in [0.1, 0.15) is 15.9 Å². The zero-order valence-corrected chi connectivity index (χ0v) is 7.15. The number of aliphatic hydroxyl groups excluding tert-OH is 1. The van der Waals surface area contributed by atoms with Gasteiger partial charge in [-0.15, -0.1) is 0 Å². The minimum absolute atomic E-state index is 0.100. The van der Waals surface area contributed by atoms with E-state index in [4.69, 9.17) is 14.9 Å². The van der Waals surface area contributed by atoms with Crippen LogP contribution in [0.2, 0.25) is 0 Å². The van der Waals surface area contributed by atoms with Crippen LogP contribution < -0.4 is 4.74 Å². The zero-order valence-electron chi connectivity index (χ0n) is 7.15. The SMILES string of the molecule is COc1ccc(C(=O)O)c(CO)c1. The Labute approximate surface area is 75.4 Å². The van der Waals surface area contributed by atoms with Crippen LogP contribution in [0.5, 0.6) is 5.75 Å². The van der Waals surface area contributed by atoms with Crippen LogP contribution in [0.3, 0.4) is 0 Å². The van der Waals surface area contributed by atoms with E-state index in [1.807, 2.05) is 0 Å². The minimum Gasteiger partial charge on any atom is -0.497 e. The summed E-state index contributed by atoms with van der Waals surface area (Å²) >= 11 is 0. The summed E-state index contributed by atoms with van der Waals surface area (Å²) in [6, 6.07) is 4.46. The van der Waals surface area contributed by atoms with Gasteiger partial charge in [-0.2, -0.15) is 0 Å². The number of benzene rings is 1. The van der Waals surface area contributed by atoms with Crippen molar-refractivity contribution in [2.75, 3.05) is 7.11 Å². The van der Waals surface area contributed by atoms with Crippen molar-refractivity contribution < 1.29 is 19.7 Å². The normalized spacial score (nSPS) is 9.69. The summed E-state index contributed by atoms with van der Waals surface area (Å²) in [6.45, 7) is -0.307. The van der Waals surface area contributed by atoms with Crippen molar-refractivity contribution in [2.24, 2.45) is 0 Å². The lowest BCUT2D eigenvalue weighted by Gasteiger charge is -2.05. The number of hydrogen-bond acceptors (Lipinski definition) is 3. The van der Waals surface area contributed by atoms with Gasteiger partial charge in [0.25, 0.3) is 0 Å². The van der Waals surface area contributed by atoms with Crippen LogP contribution in [0.15, 0.2) is 18.2 Å². The average molecular weight is 182 g/mol. The van der Waals surface area contributed by atoms with E-state index in [1.54, 1.807) is 6.07 Å². The Hall–Kier alpha value is -1.55. The molecule has 70 valence electrons. The molecule has 0 atom stereocenters. The van der Waals surface area contributed by atoms with E-state index in [1.165, 1.54) is 19.2 Å². The third-order valence-electron chi connectivity index (χ3n) is 1.71. The van der Waals surface area contributed by atoms with Gasteiger partial charge in [-0.3, -0.25) is 0 Å². The number of aliphatic hydroxyl groups is 1. The predicted octanol–water partition coefficient (Wildman–Crippen LogP) is 0.886. The molecule has 0 radical (unpaired) electrons. The first-order valence-corrected chi connectivity index (χ1v) is 3.70. The van der Waals surface area contributed by atoms with Crippen LogP contribution >= 0.6 is 0 Å². The Balaban J connectivity index is 3.15. The van der Waals surface area contributed by atoms with Crippen molar-refractivity contribution >= 4 is 5.97 Å². The fraction of sp³-hybridized carbons (Fsp3) is 0.222. The molecule has 0 heterocycles. The monoisotopic (exact) mass is 182 g/mol. The molecule has 0 spiro atoms. The second kappa shape index (κ2) is 3.91. The number of carboxylic acid groups (broad SMARTS) is 1. The van der Waals surface area contributed by atoms with Crippen molar-refractivity contribution in [3.05, 3.63) is 29.3 Å². The number of methoxy groups -OCH3 is 1. The average Bonchev–Trinajstić information content (AvgIpc) is 2.16. The largest absolute Gasteiger partial charge is 0.497 e. The molecule has 0 saturated heterocycles. The Morgan fingerprint density at radius 1 is 1.54 bits per heavy atom. The summed E-state index contributed by atoms with van der Waals surface area (Å²) < 4.78 is 4.89. The van der Waals surface area contributed by atoms with Gasteiger partial charge in [0.05, 0.1) is 19.3 Å². The number of rotatable bonds is 3. The number of aromatic carboxylic acids is 1. The van der Waals surface area contributed by atoms with Gasteiger partial charge in [0.2, 0.25) is 0 Å². The fourth-order valence-corrected chi connectivity index (χ4v) is 1.04. The maximum absolute atomic E-state index is 10.6. The van der Waals surface area contributed by atoms with E-state index in [-0.39, 0.29) is 12.2 Å². The van der Waals surface area contributed by atoms with Crippen LogP contribution in [-0.4, -0.2) is 23.3 Å². The molecule has 1 aromatic rings. The van der Waals surface area contributed by atoms with Gasteiger partial charge in [-0.1, -0.05) is 0 Å². The number of carbonyl (C=O) groups is 1. The second-order valence-corrected chi connectivity index (χ2v) is 2.49. The van der Waals surface area contributed by atoms with Gasteiger partial charge in [-0.05, 0) is 23.8 Å². The Bertz CT molecular complexity index is 319. The van der Waals surface area contributed by atoms with Gasteiger partial charge in [0.1, 0.15) is 5.75 Å². The highest BCUT2D eigenvalue weighted by atomic mass is 16.5. The van der Waals surface area contributed by atoms with Gasteiger partial charge in [0.15, 0.2) is 0 Å². The van der Waals surface area contributed by atoms with Crippen molar-refractivity contribution in [2.45, 2.75) is 6.61 Å². The highest BCUT2D eigenvalue weighted by Gasteiger charge is 2.09. The Kier molecular flexibility index (Phi) is 2.87. The van der Waals surface area contributed by atoms with Crippen molar-refractivity contribution in [3.63, 3.8) is 0 Å². The summed E-state index contributed by atoms with van der Waals surface area (Å²) in [5.74, 6) is -0.513. The van der Waals surface area contributed by atoms with Crippen molar-refractivity contribution in [3.8, 4) is 5.75 Å². The molecule has 0 bridgehead atoms. The van der Waals surface area contributed by atoms with Crippen LogP contribution in [-0.2, 0) is 6.61 Å². The van der Waals surface area contributed by atoms with Crippen LogP contribution in [0.25, 0.3) is 0 Å². The third kappa shape index (κ3) is 1.97. The van der Waals surface area contributed by atoms with Crippen LogP contribution in [0.4, 0.5) is 0 Å². The molecule has 1 rings (SSSR count). The first kappa shape index (κ1) is 9.54. The maximum Gasteiger partial charge on any atom is 0.336 e. The number of ether oxygens (including phenoxy) is 1.